The molecule has 3 atom stereocenters. The van der Waals surface area contributed by atoms with Crippen molar-refractivity contribution in [1.29, 1.82) is 0 Å². The first-order chi connectivity index (χ1) is 20.4. The number of ether oxygens (including phenoxy) is 1. The van der Waals surface area contributed by atoms with Gasteiger partial charge < -0.3 is 19.5 Å². The zero-order chi connectivity index (χ0) is 29.2. The van der Waals surface area contributed by atoms with Crippen LogP contribution >= 0.6 is 0 Å². The smallest absolute Gasteiger partial charge is 0.409 e. The number of carbonyl (C=O) groups is 2. The van der Waals surface area contributed by atoms with Crippen LogP contribution in [0.15, 0.2) is 54.6 Å². The lowest BCUT2D eigenvalue weighted by Gasteiger charge is -2.41. The molecule has 2 bridgehead atoms. The second-order valence-electron chi connectivity index (χ2n) is 11.9. The van der Waals surface area contributed by atoms with Gasteiger partial charge in [-0.2, -0.15) is 0 Å². The molecule has 2 aromatic carbocycles. The number of para-hydroxylation sites is 1. The van der Waals surface area contributed by atoms with Crippen molar-refractivity contribution in [2.24, 2.45) is 0 Å². The number of hydrogen-bond donors (Lipinski definition) is 1. The molecule has 1 N–H and O–H groups in total. The van der Waals surface area contributed by atoms with Crippen LogP contribution in [-0.4, -0.2) is 70.3 Å². The van der Waals surface area contributed by atoms with Crippen LogP contribution in [0.4, 0.5) is 21.0 Å². The van der Waals surface area contributed by atoms with E-state index in [2.05, 4.69) is 21.7 Å². The van der Waals surface area contributed by atoms with Gasteiger partial charge in [0.2, 0.25) is 0 Å². The molecule has 222 valence electrons. The molecule has 1 unspecified atom stereocenters. The number of anilines is 2. The first-order valence-electron chi connectivity index (χ1n) is 15.3. The number of aryl methyl sites for hydroxylation is 2. The van der Waals surface area contributed by atoms with Gasteiger partial charge >= 0.3 is 12.1 Å². The Hall–Kier alpha value is -3.85. The predicted octanol–water partition coefficient (Wildman–Crippen LogP) is 5.92. The Labute approximate surface area is 248 Å². The van der Waals surface area contributed by atoms with Crippen molar-refractivity contribution >= 4 is 23.5 Å². The maximum Gasteiger partial charge on any atom is 0.409 e. The Kier molecular flexibility index (Phi) is 8.20. The number of fused-ring (bicyclic) bond motifs is 3. The van der Waals surface area contributed by atoms with Gasteiger partial charge in [-0.1, -0.05) is 35.9 Å². The van der Waals surface area contributed by atoms with Gasteiger partial charge in [0.15, 0.2) is 0 Å². The number of nitrogens with one attached hydrogen (secondary N) is 1. The summed E-state index contributed by atoms with van der Waals surface area (Å²) in [7, 11) is 1.44. The van der Waals surface area contributed by atoms with Crippen LogP contribution in [0.2, 0.25) is 0 Å². The number of nitrogens with zero attached hydrogens (tertiary/aromatic N) is 5. The molecule has 3 amide bonds. The third-order valence-corrected chi connectivity index (χ3v) is 9.30. The quantitative estimate of drug-likeness (QED) is 0.381. The first-order valence-corrected chi connectivity index (χ1v) is 15.3. The van der Waals surface area contributed by atoms with Crippen molar-refractivity contribution in [1.82, 2.24) is 19.4 Å². The number of aromatic nitrogens is 2. The molecule has 0 aliphatic carbocycles. The normalized spacial score (nSPS) is 21.6. The van der Waals surface area contributed by atoms with E-state index in [1.165, 1.54) is 31.2 Å². The topological polar surface area (TPSA) is 82.9 Å². The molecule has 4 heterocycles. The summed E-state index contributed by atoms with van der Waals surface area (Å²) in [4.78, 5) is 36.7. The number of hydrogen-bond acceptors (Lipinski definition) is 5. The third-order valence-electron chi connectivity index (χ3n) is 9.30. The maximum absolute atomic E-state index is 13.4. The fourth-order valence-electron chi connectivity index (χ4n) is 7.33. The molecule has 6 rings (SSSR count). The summed E-state index contributed by atoms with van der Waals surface area (Å²) < 4.78 is 7.43. The van der Waals surface area contributed by atoms with E-state index in [1.54, 1.807) is 4.90 Å². The van der Waals surface area contributed by atoms with E-state index in [0.29, 0.717) is 37.8 Å². The number of carbonyl (C=O) groups excluding carboxylic acids is 2. The van der Waals surface area contributed by atoms with Crippen LogP contribution in [-0.2, 0) is 17.7 Å². The second-order valence-corrected chi connectivity index (χ2v) is 11.9. The molecule has 0 spiro atoms. The Bertz CT molecular complexity index is 1390. The minimum atomic E-state index is -0.280. The van der Waals surface area contributed by atoms with Gasteiger partial charge in [-0.05, 0) is 70.2 Å². The van der Waals surface area contributed by atoms with Crippen LogP contribution in [0, 0.1) is 13.8 Å². The van der Waals surface area contributed by atoms with E-state index in [4.69, 9.17) is 9.72 Å². The zero-order valence-electron chi connectivity index (χ0n) is 25.0. The van der Waals surface area contributed by atoms with E-state index in [-0.39, 0.29) is 12.1 Å². The monoisotopic (exact) mass is 570 g/mol. The largest absolute Gasteiger partial charge is 0.453 e. The number of piperidine rings is 1. The molecule has 3 aliphatic heterocycles. The Morgan fingerprint density at radius 3 is 2.40 bits per heavy atom. The van der Waals surface area contributed by atoms with E-state index in [1.807, 2.05) is 66.4 Å². The molecule has 42 heavy (non-hydrogen) atoms. The summed E-state index contributed by atoms with van der Waals surface area (Å²) in [5.41, 5.74) is 5.20. The summed E-state index contributed by atoms with van der Waals surface area (Å²) in [6, 6.07) is 19.3. The number of urea groups is 1. The van der Waals surface area contributed by atoms with Crippen LogP contribution < -0.4 is 10.2 Å². The molecule has 2 fully saturated rings. The van der Waals surface area contributed by atoms with E-state index < -0.39 is 0 Å². The van der Waals surface area contributed by atoms with Gasteiger partial charge in [0.1, 0.15) is 5.82 Å². The van der Waals surface area contributed by atoms with Gasteiger partial charge in [-0.15, -0.1) is 0 Å². The minimum Gasteiger partial charge on any atom is -0.453 e. The maximum atomic E-state index is 13.4. The van der Waals surface area contributed by atoms with Crippen LogP contribution in [0.1, 0.15) is 60.9 Å². The van der Waals surface area contributed by atoms with Gasteiger partial charge in [0, 0.05) is 61.2 Å². The van der Waals surface area contributed by atoms with Crippen LogP contribution in [0.5, 0.6) is 0 Å². The Morgan fingerprint density at radius 1 is 1.00 bits per heavy atom. The fourth-order valence-corrected chi connectivity index (χ4v) is 7.33. The van der Waals surface area contributed by atoms with Crippen molar-refractivity contribution in [2.45, 2.75) is 77.0 Å². The molecule has 3 aromatic rings. The predicted molar refractivity (Wildman–Crippen MR) is 164 cm³/mol. The Morgan fingerprint density at radius 2 is 1.71 bits per heavy atom. The molecular formula is C33H42N6O3. The molecule has 0 saturated carbocycles. The lowest BCUT2D eigenvalue weighted by atomic mass is 9.95. The summed E-state index contributed by atoms with van der Waals surface area (Å²) in [5, 5.41) is 3.09. The minimum absolute atomic E-state index is 0.0992. The van der Waals surface area contributed by atoms with Crippen molar-refractivity contribution in [3.05, 3.63) is 77.4 Å². The van der Waals surface area contributed by atoms with Gasteiger partial charge in [0.05, 0.1) is 19.3 Å². The van der Waals surface area contributed by atoms with Gasteiger partial charge in [0.25, 0.3) is 0 Å². The summed E-state index contributed by atoms with van der Waals surface area (Å²) in [6.07, 6.45) is 6.15. The lowest BCUT2D eigenvalue weighted by Crippen LogP contribution is -2.45. The highest BCUT2D eigenvalue weighted by molar-refractivity contribution is 6.01. The third kappa shape index (κ3) is 5.75. The zero-order valence-corrected chi connectivity index (χ0v) is 25.0. The number of benzene rings is 2. The van der Waals surface area contributed by atoms with Crippen molar-refractivity contribution in [3.8, 4) is 0 Å². The van der Waals surface area contributed by atoms with Crippen molar-refractivity contribution in [2.75, 3.05) is 37.0 Å². The SMILES string of the molecule is COC(=O)N1CCc2c(nc(C)n2C2C[C@H]3CC[C@@H](C2)N3CCCN(C(=O)Nc2ccc(C)cc2)c2ccccc2)C1. The Balaban J connectivity index is 1.09. The number of methoxy groups -OCH3 is 1. The summed E-state index contributed by atoms with van der Waals surface area (Å²) in [5.74, 6) is 1.06. The molecule has 0 radical (unpaired) electrons. The van der Waals surface area contributed by atoms with Crippen LogP contribution in [0.3, 0.4) is 0 Å². The second kappa shape index (κ2) is 12.2. The fraction of sp³-hybridized carbons (Fsp3) is 0.485. The number of rotatable bonds is 7. The average Bonchev–Trinajstić information content (AvgIpc) is 3.45. The average molecular weight is 571 g/mol. The van der Waals surface area contributed by atoms with Crippen molar-refractivity contribution in [3.63, 3.8) is 0 Å². The number of imidazole rings is 1. The van der Waals surface area contributed by atoms with Crippen LogP contribution in [0.25, 0.3) is 0 Å². The van der Waals surface area contributed by atoms with E-state index >= 15 is 0 Å². The molecule has 2 saturated heterocycles. The molecule has 9 nitrogen and oxygen atoms in total. The molecule has 3 aliphatic rings. The lowest BCUT2D eigenvalue weighted by molar-refractivity contribution is 0.103. The van der Waals surface area contributed by atoms with E-state index in [9.17, 15) is 9.59 Å². The van der Waals surface area contributed by atoms with Crippen molar-refractivity contribution < 1.29 is 14.3 Å². The van der Waals surface area contributed by atoms with Gasteiger partial charge in [-0.3, -0.25) is 9.80 Å². The summed E-state index contributed by atoms with van der Waals surface area (Å²) >= 11 is 0. The summed E-state index contributed by atoms with van der Waals surface area (Å²) in [6.45, 7) is 6.99. The van der Waals surface area contributed by atoms with Gasteiger partial charge in [-0.25, -0.2) is 14.6 Å². The molecular weight excluding hydrogens is 528 g/mol. The standard InChI is InChI=1S/C33H42N6O3/c1-23-10-12-25(13-11-23)35-32(40)38(26-8-5-4-6-9-26)18-7-17-37-27-14-15-28(37)21-29(20-27)39-24(2)34-30-22-36(33(41)42-3)19-16-31(30)39/h4-6,8-13,27-29H,7,14-22H2,1-3H3,(H,35,40)/t27-,28+,29?. The highest BCUT2D eigenvalue weighted by Gasteiger charge is 2.42. The highest BCUT2D eigenvalue weighted by atomic mass is 16.5. The highest BCUT2D eigenvalue weighted by Crippen LogP contribution is 2.42. The van der Waals surface area contributed by atoms with E-state index in [0.717, 1.165) is 55.1 Å². The first kappa shape index (κ1) is 28.3. The number of amides is 3. The molecule has 1 aromatic heterocycles. The molecule has 9 heteroatoms.